The summed E-state index contributed by atoms with van der Waals surface area (Å²) in [7, 11) is 0. The number of nitrogens with one attached hydrogen (secondary N) is 1. The summed E-state index contributed by atoms with van der Waals surface area (Å²) in [4.78, 5) is 16.3. The highest BCUT2D eigenvalue weighted by Crippen LogP contribution is 2.18. The zero-order chi connectivity index (χ0) is 15.9. The minimum absolute atomic E-state index is 0.209. The first-order valence-electron chi connectivity index (χ1n) is 6.94. The van der Waals surface area contributed by atoms with E-state index in [1.807, 2.05) is 18.4 Å². The van der Waals surface area contributed by atoms with E-state index in [-0.39, 0.29) is 5.91 Å². The third kappa shape index (κ3) is 4.30. The Balaban J connectivity index is 1.83. The van der Waals surface area contributed by atoms with Crippen molar-refractivity contribution in [2.24, 2.45) is 0 Å². The molecule has 0 aliphatic rings. The van der Waals surface area contributed by atoms with Gasteiger partial charge in [-0.1, -0.05) is 12.1 Å². The molecule has 2 aromatic rings. The zero-order valence-corrected chi connectivity index (χ0v) is 13.3. The molecule has 1 heterocycles. The quantitative estimate of drug-likeness (QED) is 0.888. The number of hydrogen-bond donors (Lipinski definition) is 1. The van der Waals surface area contributed by atoms with Crippen LogP contribution in [0.2, 0.25) is 0 Å². The van der Waals surface area contributed by atoms with Crippen molar-refractivity contribution in [3.8, 4) is 11.8 Å². The molecule has 1 N–H and O–H groups in total. The number of carbonyl (C=O) groups excluding carboxylic acids is 1. The predicted molar refractivity (Wildman–Crippen MR) is 84.8 cm³/mol. The van der Waals surface area contributed by atoms with Crippen LogP contribution in [0.25, 0.3) is 0 Å². The molecule has 2 rings (SSSR count). The third-order valence-corrected chi connectivity index (χ3v) is 3.85. The molecule has 0 radical (unpaired) electrons. The lowest BCUT2D eigenvalue weighted by Crippen LogP contribution is -2.37. The highest BCUT2D eigenvalue weighted by atomic mass is 32.1. The van der Waals surface area contributed by atoms with Crippen LogP contribution < -0.4 is 10.1 Å². The van der Waals surface area contributed by atoms with Gasteiger partial charge in [0.25, 0.3) is 5.91 Å². The van der Waals surface area contributed by atoms with Crippen molar-refractivity contribution >= 4 is 17.2 Å². The average molecular weight is 315 g/mol. The minimum atomic E-state index is -0.660. The number of aryl methyl sites for hydroxylation is 1. The second-order valence-corrected chi connectivity index (χ2v) is 5.83. The zero-order valence-electron chi connectivity index (χ0n) is 12.5. The van der Waals surface area contributed by atoms with Gasteiger partial charge in [0.2, 0.25) is 0 Å². The summed E-state index contributed by atoms with van der Waals surface area (Å²) in [5, 5.41) is 14.8. The number of thiazole rings is 1. The summed E-state index contributed by atoms with van der Waals surface area (Å²) >= 11 is 1.60. The van der Waals surface area contributed by atoms with Gasteiger partial charge in [0, 0.05) is 18.3 Å². The summed E-state index contributed by atoms with van der Waals surface area (Å²) in [6, 6.07) is 8.91. The maximum atomic E-state index is 12.0. The number of nitriles is 1. The van der Waals surface area contributed by atoms with Crippen LogP contribution in [0.1, 0.15) is 23.2 Å². The fourth-order valence-electron chi connectivity index (χ4n) is 1.89. The second-order valence-electron chi connectivity index (χ2n) is 4.77. The highest BCUT2D eigenvalue weighted by Gasteiger charge is 2.15. The van der Waals surface area contributed by atoms with Gasteiger partial charge in [-0.05, 0) is 26.0 Å². The molecule has 22 heavy (non-hydrogen) atoms. The van der Waals surface area contributed by atoms with Crippen molar-refractivity contribution in [2.75, 3.05) is 6.54 Å². The Bertz CT molecular complexity index is 691. The number of hydrogen-bond acceptors (Lipinski definition) is 5. The van der Waals surface area contributed by atoms with E-state index >= 15 is 0 Å². The summed E-state index contributed by atoms with van der Waals surface area (Å²) < 4.78 is 5.56. The van der Waals surface area contributed by atoms with E-state index < -0.39 is 6.10 Å². The van der Waals surface area contributed by atoms with Gasteiger partial charge >= 0.3 is 0 Å². The summed E-state index contributed by atoms with van der Waals surface area (Å²) in [5.74, 6) is 0.211. The Labute approximate surface area is 133 Å². The molecular weight excluding hydrogens is 298 g/mol. The van der Waals surface area contributed by atoms with E-state index in [2.05, 4.69) is 10.3 Å². The summed E-state index contributed by atoms with van der Waals surface area (Å²) in [6.07, 6.45) is 0.0316. The Morgan fingerprint density at radius 1 is 1.50 bits per heavy atom. The van der Waals surface area contributed by atoms with Crippen molar-refractivity contribution in [3.05, 3.63) is 45.9 Å². The van der Waals surface area contributed by atoms with Crippen LogP contribution in [0.5, 0.6) is 5.75 Å². The van der Waals surface area contributed by atoms with E-state index in [9.17, 15) is 4.79 Å². The van der Waals surface area contributed by atoms with Gasteiger partial charge in [0.15, 0.2) is 6.10 Å². The topological polar surface area (TPSA) is 75.0 Å². The van der Waals surface area contributed by atoms with Gasteiger partial charge in [0.1, 0.15) is 11.8 Å². The van der Waals surface area contributed by atoms with Gasteiger partial charge in [-0.25, -0.2) is 4.98 Å². The number of carbonyl (C=O) groups is 1. The third-order valence-electron chi connectivity index (χ3n) is 3.03. The van der Waals surface area contributed by atoms with Gasteiger partial charge < -0.3 is 10.1 Å². The van der Waals surface area contributed by atoms with Crippen molar-refractivity contribution < 1.29 is 9.53 Å². The Hall–Kier alpha value is -2.39. The summed E-state index contributed by atoms with van der Waals surface area (Å²) in [6.45, 7) is 4.13. The Morgan fingerprint density at radius 3 is 2.95 bits per heavy atom. The van der Waals surface area contributed by atoms with Crippen LogP contribution in [-0.4, -0.2) is 23.5 Å². The number of ether oxygens (including phenoxy) is 1. The van der Waals surface area contributed by atoms with Crippen molar-refractivity contribution in [3.63, 3.8) is 0 Å². The van der Waals surface area contributed by atoms with Crippen LogP contribution >= 0.6 is 11.3 Å². The smallest absolute Gasteiger partial charge is 0.260 e. The number of benzene rings is 1. The molecule has 0 spiro atoms. The van der Waals surface area contributed by atoms with Crippen molar-refractivity contribution in [1.29, 1.82) is 5.26 Å². The average Bonchev–Trinajstić information content (AvgIpc) is 2.93. The fraction of sp³-hybridized carbons (Fsp3) is 0.312. The van der Waals surface area contributed by atoms with Gasteiger partial charge in [-0.3, -0.25) is 4.79 Å². The van der Waals surface area contributed by atoms with Crippen LogP contribution in [-0.2, 0) is 11.2 Å². The van der Waals surface area contributed by atoms with E-state index in [1.54, 1.807) is 42.5 Å². The second kappa shape index (κ2) is 7.57. The molecular formula is C16H17N3O2S. The predicted octanol–water partition coefficient (Wildman–Crippen LogP) is 2.45. The lowest BCUT2D eigenvalue weighted by molar-refractivity contribution is -0.127. The molecule has 1 unspecified atom stereocenters. The molecule has 0 saturated heterocycles. The van der Waals surface area contributed by atoms with E-state index in [1.165, 1.54) is 0 Å². The molecule has 6 heteroatoms. The lowest BCUT2D eigenvalue weighted by atomic mass is 10.2. The van der Waals surface area contributed by atoms with Crippen LogP contribution in [0.15, 0.2) is 29.6 Å². The number of amides is 1. The van der Waals surface area contributed by atoms with Gasteiger partial charge in [-0.2, -0.15) is 5.26 Å². The molecule has 0 aliphatic heterocycles. The first-order valence-corrected chi connectivity index (χ1v) is 7.82. The van der Waals surface area contributed by atoms with Gasteiger partial charge in [-0.15, -0.1) is 11.3 Å². The van der Waals surface area contributed by atoms with Crippen molar-refractivity contribution in [1.82, 2.24) is 10.3 Å². The van der Waals surface area contributed by atoms with E-state index in [0.717, 1.165) is 10.7 Å². The maximum Gasteiger partial charge on any atom is 0.260 e. The molecule has 114 valence electrons. The SMILES string of the molecule is Cc1nc(CCNC(=O)C(C)Oc2ccccc2C#N)cs1. The lowest BCUT2D eigenvalue weighted by Gasteiger charge is -2.15. The summed E-state index contributed by atoms with van der Waals surface area (Å²) in [5.41, 5.74) is 1.39. The Kier molecular flexibility index (Phi) is 5.50. The maximum absolute atomic E-state index is 12.0. The van der Waals surface area contributed by atoms with Crippen LogP contribution in [0.4, 0.5) is 0 Å². The number of rotatable bonds is 6. The first-order chi connectivity index (χ1) is 10.6. The molecule has 1 amide bonds. The van der Waals surface area contributed by atoms with Crippen molar-refractivity contribution in [2.45, 2.75) is 26.4 Å². The molecule has 1 atom stereocenters. The normalized spacial score (nSPS) is 11.5. The molecule has 0 aliphatic carbocycles. The van der Waals surface area contributed by atoms with E-state index in [0.29, 0.717) is 24.3 Å². The molecule has 0 fully saturated rings. The number of nitrogens with zero attached hydrogens (tertiary/aromatic N) is 2. The molecule has 1 aromatic carbocycles. The molecule has 0 saturated carbocycles. The first kappa shape index (κ1) is 16.0. The molecule has 0 bridgehead atoms. The highest BCUT2D eigenvalue weighted by molar-refractivity contribution is 7.09. The fourth-order valence-corrected chi connectivity index (χ4v) is 2.53. The van der Waals surface area contributed by atoms with Gasteiger partial charge in [0.05, 0.1) is 16.3 Å². The minimum Gasteiger partial charge on any atom is -0.480 e. The molecule has 1 aromatic heterocycles. The van der Waals surface area contributed by atoms with E-state index in [4.69, 9.17) is 10.00 Å². The standard InChI is InChI=1S/C16H17N3O2S/c1-11(21-15-6-4-3-5-13(15)9-17)16(20)18-8-7-14-10-22-12(2)19-14/h3-6,10-11H,7-8H2,1-2H3,(H,18,20). The Morgan fingerprint density at radius 2 is 2.27 bits per heavy atom. The number of para-hydroxylation sites is 1. The molecule has 5 nitrogen and oxygen atoms in total. The largest absolute Gasteiger partial charge is 0.480 e. The van der Waals surface area contributed by atoms with Crippen LogP contribution in [0.3, 0.4) is 0 Å². The monoisotopic (exact) mass is 315 g/mol. The van der Waals surface area contributed by atoms with Crippen LogP contribution in [0, 0.1) is 18.3 Å². The number of aromatic nitrogens is 1.